The van der Waals surface area contributed by atoms with E-state index in [-0.39, 0.29) is 34.2 Å². The Morgan fingerprint density at radius 3 is 2.67 bits per heavy atom. The van der Waals surface area contributed by atoms with E-state index in [4.69, 9.17) is 4.74 Å². The molecule has 2 aliphatic rings. The fraction of sp³-hybridized carbons (Fsp3) is 0.529. The van der Waals surface area contributed by atoms with E-state index in [9.17, 15) is 28.1 Å². The van der Waals surface area contributed by atoms with Crippen molar-refractivity contribution in [1.82, 2.24) is 4.90 Å². The molecule has 2 fully saturated rings. The van der Waals surface area contributed by atoms with E-state index in [0.717, 1.165) is 12.8 Å². The number of carbonyl (C=O) groups is 2. The maximum Gasteiger partial charge on any atom is 0.489 e. The molecule has 0 radical (unpaired) electrons. The molecule has 2 aliphatic heterocycles. The molecule has 0 saturated carbocycles. The molecule has 10 heteroatoms. The average molecular weight is 395 g/mol. The molecule has 2 heterocycles. The Kier molecular flexibility index (Phi) is 6.00. The minimum atomic E-state index is -3.18. The zero-order chi connectivity index (χ0) is 19.6. The summed E-state index contributed by atoms with van der Waals surface area (Å²) in [6, 6.07) is 3.60. The van der Waals surface area contributed by atoms with Gasteiger partial charge in [-0.1, -0.05) is 6.07 Å². The van der Waals surface area contributed by atoms with E-state index in [1.54, 1.807) is 0 Å². The highest BCUT2D eigenvalue weighted by Crippen LogP contribution is 2.23. The molecule has 0 bridgehead atoms. The van der Waals surface area contributed by atoms with Crippen LogP contribution in [0.1, 0.15) is 40.0 Å². The van der Waals surface area contributed by atoms with Gasteiger partial charge in [0.25, 0.3) is 5.91 Å². The Balaban J connectivity index is 1.89. The molecule has 1 aromatic rings. The number of nitrogens with zero attached hydrogens (tertiary/aromatic N) is 1. The highest BCUT2D eigenvalue weighted by molar-refractivity contribution is 7.91. The molecule has 8 nitrogen and oxygen atoms in total. The summed E-state index contributed by atoms with van der Waals surface area (Å²) < 4.78 is 29.4. The molecule has 0 aliphatic carbocycles. The molecule has 0 spiro atoms. The van der Waals surface area contributed by atoms with Gasteiger partial charge in [0.1, 0.15) is 6.29 Å². The van der Waals surface area contributed by atoms with Crippen molar-refractivity contribution < 1.29 is 32.8 Å². The first-order valence-electron chi connectivity index (χ1n) is 8.89. The lowest BCUT2D eigenvalue weighted by atomic mass is 9.76. The van der Waals surface area contributed by atoms with Crippen LogP contribution >= 0.6 is 0 Å². The number of ether oxygens (including phenoxy) is 1. The van der Waals surface area contributed by atoms with Crippen LogP contribution in [-0.2, 0) is 14.6 Å². The summed E-state index contributed by atoms with van der Waals surface area (Å²) in [5.74, 6) is -0.434. The predicted molar refractivity (Wildman–Crippen MR) is 98.7 cm³/mol. The number of benzene rings is 1. The van der Waals surface area contributed by atoms with Gasteiger partial charge >= 0.3 is 7.12 Å². The minimum absolute atomic E-state index is 0.00644. The second-order valence-corrected chi connectivity index (χ2v) is 9.21. The number of hydrogen-bond donors (Lipinski definition) is 2. The van der Waals surface area contributed by atoms with Crippen LogP contribution < -0.4 is 5.46 Å². The van der Waals surface area contributed by atoms with E-state index >= 15 is 0 Å². The summed E-state index contributed by atoms with van der Waals surface area (Å²) in [4.78, 5) is 25.9. The van der Waals surface area contributed by atoms with Gasteiger partial charge in [0.05, 0.1) is 17.6 Å². The third kappa shape index (κ3) is 4.57. The van der Waals surface area contributed by atoms with Crippen LogP contribution in [-0.4, -0.2) is 79.5 Å². The van der Waals surface area contributed by atoms with Gasteiger partial charge < -0.3 is 19.7 Å². The van der Waals surface area contributed by atoms with Gasteiger partial charge in [-0.3, -0.25) is 9.59 Å². The first kappa shape index (κ1) is 20.0. The van der Waals surface area contributed by atoms with Crippen LogP contribution in [0.4, 0.5) is 0 Å². The zero-order valence-corrected chi connectivity index (χ0v) is 15.6. The summed E-state index contributed by atoms with van der Waals surface area (Å²) in [5, 5.41) is 18.6. The normalized spacial score (nSPS) is 23.9. The van der Waals surface area contributed by atoms with E-state index in [1.165, 1.54) is 23.1 Å². The fourth-order valence-electron chi connectivity index (χ4n) is 3.64. The van der Waals surface area contributed by atoms with Crippen molar-refractivity contribution in [3.63, 3.8) is 0 Å². The van der Waals surface area contributed by atoms with Crippen molar-refractivity contribution in [3.05, 3.63) is 29.3 Å². The van der Waals surface area contributed by atoms with Crippen LogP contribution in [0.3, 0.4) is 0 Å². The summed E-state index contributed by atoms with van der Waals surface area (Å²) in [7, 11) is -5.00. The number of aldehydes is 1. The Morgan fingerprint density at radius 2 is 2.11 bits per heavy atom. The molecule has 2 N–H and O–H groups in total. The van der Waals surface area contributed by atoms with Crippen molar-refractivity contribution in [1.29, 1.82) is 0 Å². The molecule has 27 heavy (non-hydrogen) atoms. The number of carbonyl (C=O) groups excluding carboxylic acids is 2. The van der Waals surface area contributed by atoms with Crippen LogP contribution in [0, 0.1) is 0 Å². The standard InChI is InChI=1S/C17H22BNO7S/c20-10-13-8-12(3-4-16(13)18(22)23)17(21)19(9-15-2-1-6-26-15)14-5-7-27(24,25)11-14/h3-4,8,10,14-15,22-23H,1-2,5-7,9,11H2. The van der Waals surface area contributed by atoms with Crippen molar-refractivity contribution in [2.45, 2.75) is 31.4 Å². The van der Waals surface area contributed by atoms with Gasteiger partial charge in [-0.25, -0.2) is 8.42 Å². The maximum absolute atomic E-state index is 13.1. The van der Waals surface area contributed by atoms with Gasteiger partial charge in [-0.05, 0) is 36.9 Å². The largest absolute Gasteiger partial charge is 0.489 e. The highest BCUT2D eigenvalue weighted by atomic mass is 32.2. The predicted octanol–water partition coefficient (Wildman–Crippen LogP) is -1.01. The number of amides is 1. The second-order valence-electron chi connectivity index (χ2n) is 6.98. The van der Waals surface area contributed by atoms with Gasteiger partial charge in [0.15, 0.2) is 9.84 Å². The summed E-state index contributed by atoms with van der Waals surface area (Å²) in [6.45, 7) is 0.911. The van der Waals surface area contributed by atoms with Gasteiger partial charge in [0, 0.05) is 30.3 Å². The third-order valence-corrected chi connectivity index (χ3v) is 6.82. The molecule has 146 valence electrons. The van der Waals surface area contributed by atoms with E-state index in [0.29, 0.717) is 25.9 Å². The van der Waals surface area contributed by atoms with Crippen molar-refractivity contribution in [2.75, 3.05) is 24.7 Å². The molecule has 1 aromatic carbocycles. The Bertz CT molecular complexity index is 821. The minimum Gasteiger partial charge on any atom is -0.423 e. The SMILES string of the molecule is O=Cc1cc(C(=O)N(CC2CCCO2)C2CCS(=O)(=O)C2)ccc1B(O)O. The first-order valence-corrected chi connectivity index (χ1v) is 10.7. The van der Waals surface area contributed by atoms with Crippen molar-refractivity contribution in [2.24, 2.45) is 0 Å². The molecule has 2 atom stereocenters. The fourth-order valence-corrected chi connectivity index (χ4v) is 5.37. The lowest BCUT2D eigenvalue weighted by Crippen LogP contribution is -2.45. The van der Waals surface area contributed by atoms with Gasteiger partial charge in [-0.2, -0.15) is 0 Å². The number of sulfone groups is 1. The topological polar surface area (TPSA) is 121 Å². The van der Waals surface area contributed by atoms with Crippen molar-refractivity contribution >= 4 is 34.6 Å². The van der Waals surface area contributed by atoms with E-state index in [1.807, 2.05) is 0 Å². The lowest BCUT2D eigenvalue weighted by Gasteiger charge is -2.30. The Morgan fingerprint density at radius 1 is 1.33 bits per heavy atom. The molecular formula is C17H22BNO7S. The van der Waals surface area contributed by atoms with Crippen molar-refractivity contribution in [3.8, 4) is 0 Å². The molecule has 3 rings (SSSR count). The third-order valence-electron chi connectivity index (χ3n) is 5.07. The van der Waals surface area contributed by atoms with Crippen LogP contribution in [0.5, 0.6) is 0 Å². The van der Waals surface area contributed by atoms with Crippen LogP contribution in [0.25, 0.3) is 0 Å². The molecular weight excluding hydrogens is 373 g/mol. The zero-order valence-electron chi connectivity index (χ0n) is 14.8. The molecule has 2 saturated heterocycles. The quantitative estimate of drug-likeness (QED) is 0.468. The highest BCUT2D eigenvalue weighted by Gasteiger charge is 2.37. The average Bonchev–Trinajstić information content (AvgIpc) is 3.27. The number of hydrogen-bond acceptors (Lipinski definition) is 7. The molecule has 0 aromatic heterocycles. The maximum atomic E-state index is 13.1. The smallest absolute Gasteiger partial charge is 0.423 e. The summed E-state index contributed by atoms with van der Waals surface area (Å²) in [5.41, 5.74) is 0.214. The van der Waals surface area contributed by atoms with Gasteiger partial charge in [-0.15, -0.1) is 0 Å². The van der Waals surface area contributed by atoms with Gasteiger partial charge in [0.2, 0.25) is 0 Å². The molecule has 2 unspecified atom stereocenters. The molecule has 1 amide bonds. The van der Waals surface area contributed by atoms with E-state index in [2.05, 4.69) is 0 Å². The Labute approximate surface area is 158 Å². The lowest BCUT2D eigenvalue weighted by molar-refractivity contribution is 0.0441. The Hall–Kier alpha value is -1.75. The monoisotopic (exact) mass is 395 g/mol. The van der Waals surface area contributed by atoms with Crippen LogP contribution in [0.2, 0.25) is 0 Å². The summed E-state index contributed by atoms with van der Waals surface area (Å²) >= 11 is 0. The van der Waals surface area contributed by atoms with E-state index < -0.39 is 28.9 Å². The second kappa shape index (κ2) is 8.09. The number of rotatable bonds is 6. The summed E-state index contributed by atoms with van der Waals surface area (Å²) in [6.07, 6.45) is 2.39. The van der Waals surface area contributed by atoms with Crippen LogP contribution in [0.15, 0.2) is 18.2 Å². The first-order chi connectivity index (χ1) is 12.8.